The molecule has 0 aromatic carbocycles. The van der Waals surface area contributed by atoms with Crippen LogP contribution in [0.2, 0.25) is 0 Å². The SMILES string of the molecule is CCNC(=O)NC(=O)C(C)NCc1ccc(C)s1. The van der Waals surface area contributed by atoms with Crippen molar-refractivity contribution in [1.29, 1.82) is 0 Å². The molecule has 1 aromatic rings. The molecular formula is C12H19N3O2S. The van der Waals surface area contributed by atoms with Crippen LogP contribution in [0.3, 0.4) is 0 Å². The van der Waals surface area contributed by atoms with Crippen LogP contribution in [-0.4, -0.2) is 24.5 Å². The van der Waals surface area contributed by atoms with Gasteiger partial charge in [-0.2, -0.15) is 0 Å². The molecule has 0 aliphatic heterocycles. The standard InChI is InChI=1S/C12H19N3O2S/c1-4-13-12(17)15-11(16)9(3)14-7-10-6-5-8(2)18-10/h5-6,9,14H,4,7H2,1-3H3,(H2,13,15,16,17). The maximum atomic E-state index is 11.6. The summed E-state index contributed by atoms with van der Waals surface area (Å²) in [6.07, 6.45) is 0. The Morgan fingerprint density at radius 1 is 1.39 bits per heavy atom. The van der Waals surface area contributed by atoms with Crippen molar-refractivity contribution >= 4 is 23.3 Å². The summed E-state index contributed by atoms with van der Waals surface area (Å²) in [5.74, 6) is -0.325. The van der Waals surface area contributed by atoms with Gasteiger partial charge in [-0.15, -0.1) is 11.3 Å². The molecule has 1 rings (SSSR count). The van der Waals surface area contributed by atoms with Crippen LogP contribution in [-0.2, 0) is 11.3 Å². The van der Waals surface area contributed by atoms with Crippen LogP contribution in [0.15, 0.2) is 12.1 Å². The highest BCUT2D eigenvalue weighted by Crippen LogP contribution is 2.14. The third-order valence-corrected chi connectivity index (χ3v) is 3.35. The quantitative estimate of drug-likeness (QED) is 0.756. The number of urea groups is 1. The average molecular weight is 269 g/mol. The molecule has 0 radical (unpaired) electrons. The van der Waals surface area contributed by atoms with Crippen molar-refractivity contribution in [2.24, 2.45) is 0 Å². The van der Waals surface area contributed by atoms with E-state index in [9.17, 15) is 9.59 Å². The van der Waals surface area contributed by atoms with E-state index in [1.54, 1.807) is 25.2 Å². The molecule has 6 heteroatoms. The van der Waals surface area contributed by atoms with Crippen molar-refractivity contribution in [2.45, 2.75) is 33.4 Å². The molecule has 0 bridgehead atoms. The fourth-order valence-corrected chi connectivity index (χ4v) is 2.19. The van der Waals surface area contributed by atoms with Gasteiger partial charge in [0.05, 0.1) is 6.04 Å². The third kappa shape index (κ3) is 4.85. The number of imide groups is 1. The second-order valence-electron chi connectivity index (χ2n) is 3.96. The molecule has 0 spiro atoms. The maximum absolute atomic E-state index is 11.6. The van der Waals surface area contributed by atoms with Gasteiger partial charge in [0.25, 0.3) is 0 Å². The zero-order chi connectivity index (χ0) is 13.5. The Bertz CT molecular complexity index is 417. The minimum absolute atomic E-state index is 0.325. The van der Waals surface area contributed by atoms with Gasteiger partial charge in [-0.1, -0.05) is 0 Å². The molecule has 0 saturated heterocycles. The zero-order valence-corrected chi connectivity index (χ0v) is 11.7. The lowest BCUT2D eigenvalue weighted by atomic mass is 10.3. The number of hydrogen-bond acceptors (Lipinski definition) is 4. The van der Waals surface area contributed by atoms with Crippen LogP contribution in [0.25, 0.3) is 0 Å². The molecule has 18 heavy (non-hydrogen) atoms. The first kappa shape index (κ1) is 14.7. The molecule has 3 amide bonds. The summed E-state index contributed by atoms with van der Waals surface area (Å²) in [7, 11) is 0. The molecule has 1 heterocycles. The monoisotopic (exact) mass is 269 g/mol. The Labute approximate surface area is 111 Å². The largest absolute Gasteiger partial charge is 0.338 e. The van der Waals surface area contributed by atoms with Gasteiger partial charge < -0.3 is 10.6 Å². The fourth-order valence-electron chi connectivity index (χ4n) is 1.35. The lowest BCUT2D eigenvalue weighted by Crippen LogP contribution is -2.47. The van der Waals surface area contributed by atoms with Crippen molar-refractivity contribution in [2.75, 3.05) is 6.54 Å². The molecule has 0 saturated carbocycles. The Morgan fingerprint density at radius 3 is 2.67 bits per heavy atom. The van der Waals surface area contributed by atoms with E-state index in [2.05, 4.69) is 16.0 Å². The minimum atomic E-state index is -0.455. The Morgan fingerprint density at radius 2 is 2.11 bits per heavy atom. The maximum Gasteiger partial charge on any atom is 0.321 e. The highest BCUT2D eigenvalue weighted by Gasteiger charge is 2.14. The number of carbonyl (C=O) groups excluding carboxylic acids is 2. The van der Waals surface area contributed by atoms with Crippen molar-refractivity contribution < 1.29 is 9.59 Å². The number of hydrogen-bond donors (Lipinski definition) is 3. The smallest absolute Gasteiger partial charge is 0.321 e. The molecule has 1 unspecified atom stereocenters. The number of thiophene rings is 1. The zero-order valence-electron chi connectivity index (χ0n) is 10.9. The number of aryl methyl sites for hydroxylation is 1. The van der Waals surface area contributed by atoms with Gasteiger partial charge >= 0.3 is 6.03 Å². The third-order valence-electron chi connectivity index (χ3n) is 2.35. The molecule has 0 aliphatic carbocycles. The lowest BCUT2D eigenvalue weighted by molar-refractivity contribution is -0.121. The van der Waals surface area contributed by atoms with Crippen molar-refractivity contribution in [3.8, 4) is 0 Å². The first-order valence-electron chi connectivity index (χ1n) is 5.90. The van der Waals surface area contributed by atoms with Crippen LogP contribution < -0.4 is 16.0 Å². The molecule has 1 aromatic heterocycles. The van der Waals surface area contributed by atoms with Gasteiger partial charge in [-0.25, -0.2) is 4.79 Å². The summed E-state index contributed by atoms with van der Waals surface area (Å²) in [6, 6.07) is 3.21. The van der Waals surface area contributed by atoms with E-state index in [1.165, 1.54) is 9.75 Å². The number of carbonyl (C=O) groups is 2. The second kappa shape index (κ2) is 7.13. The molecule has 100 valence electrons. The predicted octanol–water partition coefficient (Wildman–Crippen LogP) is 1.38. The van der Waals surface area contributed by atoms with Gasteiger partial charge in [-0.05, 0) is 32.9 Å². The van der Waals surface area contributed by atoms with Crippen molar-refractivity contribution in [1.82, 2.24) is 16.0 Å². The van der Waals surface area contributed by atoms with Gasteiger partial charge in [0.2, 0.25) is 5.91 Å². The van der Waals surface area contributed by atoms with Gasteiger partial charge in [0.15, 0.2) is 0 Å². The van der Waals surface area contributed by atoms with E-state index in [-0.39, 0.29) is 5.91 Å². The van der Waals surface area contributed by atoms with Crippen molar-refractivity contribution in [3.05, 3.63) is 21.9 Å². The van der Waals surface area contributed by atoms with Crippen LogP contribution in [0.1, 0.15) is 23.6 Å². The molecule has 5 nitrogen and oxygen atoms in total. The fraction of sp³-hybridized carbons (Fsp3) is 0.500. The van der Waals surface area contributed by atoms with Gasteiger partial charge in [-0.3, -0.25) is 10.1 Å². The van der Waals surface area contributed by atoms with E-state index in [0.717, 1.165) is 0 Å². The second-order valence-corrected chi connectivity index (χ2v) is 5.34. The van der Waals surface area contributed by atoms with E-state index in [1.807, 2.05) is 19.1 Å². The summed E-state index contributed by atoms with van der Waals surface area (Å²) < 4.78 is 0. The first-order chi connectivity index (χ1) is 8.52. The Hall–Kier alpha value is -1.40. The Kier molecular flexibility index (Phi) is 5.80. The highest BCUT2D eigenvalue weighted by atomic mass is 32.1. The Balaban J connectivity index is 2.33. The molecule has 0 aliphatic rings. The van der Waals surface area contributed by atoms with Crippen LogP contribution in [0.5, 0.6) is 0 Å². The predicted molar refractivity (Wildman–Crippen MR) is 72.6 cm³/mol. The van der Waals surface area contributed by atoms with Gasteiger partial charge in [0.1, 0.15) is 0 Å². The van der Waals surface area contributed by atoms with E-state index in [0.29, 0.717) is 13.1 Å². The highest BCUT2D eigenvalue weighted by molar-refractivity contribution is 7.11. The molecular weight excluding hydrogens is 250 g/mol. The van der Waals surface area contributed by atoms with E-state index < -0.39 is 12.1 Å². The summed E-state index contributed by atoms with van der Waals surface area (Å²) in [6.45, 7) is 6.69. The van der Waals surface area contributed by atoms with Crippen molar-refractivity contribution in [3.63, 3.8) is 0 Å². The molecule has 0 fully saturated rings. The average Bonchev–Trinajstić information content (AvgIpc) is 2.72. The van der Waals surface area contributed by atoms with Crippen LogP contribution >= 0.6 is 11.3 Å². The number of amides is 3. The number of nitrogens with one attached hydrogen (secondary N) is 3. The normalized spacial score (nSPS) is 11.9. The molecule has 3 N–H and O–H groups in total. The van der Waals surface area contributed by atoms with E-state index >= 15 is 0 Å². The minimum Gasteiger partial charge on any atom is -0.338 e. The van der Waals surface area contributed by atoms with Crippen LogP contribution in [0.4, 0.5) is 4.79 Å². The van der Waals surface area contributed by atoms with E-state index in [4.69, 9.17) is 0 Å². The van der Waals surface area contributed by atoms with Crippen LogP contribution in [0, 0.1) is 6.92 Å². The summed E-state index contributed by atoms with van der Waals surface area (Å²) in [4.78, 5) is 25.2. The summed E-state index contributed by atoms with van der Waals surface area (Å²) in [5.41, 5.74) is 0. The number of rotatable bonds is 5. The topological polar surface area (TPSA) is 70.2 Å². The lowest BCUT2D eigenvalue weighted by Gasteiger charge is -2.12. The summed E-state index contributed by atoms with van der Waals surface area (Å²) in [5, 5.41) is 7.86. The first-order valence-corrected chi connectivity index (χ1v) is 6.72. The van der Waals surface area contributed by atoms with Gasteiger partial charge in [0, 0.05) is 22.8 Å². The summed E-state index contributed by atoms with van der Waals surface area (Å²) >= 11 is 1.69. The molecule has 1 atom stereocenters.